The number of amides is 1. The fourth-order valence-corrected chi connectivity index (χ4v) is 6.72. The molecule has 1 aliphatic heterocycles. The Hall–Kier alpha value is -3.30. The van der Waals surface area contributed by atoms with Gasteiger partial charge in [-0.1, -0.05) is 29.8 Å². The van der Waals surface area contributed by atoms with E-state index >= 15 is 0 Å². The van der Waals surface area contributed by atoms with Crippen molar-refractivity contribution in [3.05, 3.63) is 75.2 Å². The summed E-state index contributed by atoms with van der Waals surface area (Å²) in [5, 5.41) is 2.91. The Kier molecular flexibility index (Phi) is 6.91. The highest BCUT2D eigenvalue weighted by Crippen LogP contribution is 2.29. The van der Waals surface area contributed by atoms with Gasteiger partial charge in [0.05, 0.1) is 10.8 Å². The fraction of sp³-hybridized carbons (Fsp3) is 0.346. The molecule has 1 aliphatic rings. The van der Waals surface area contributed by atoms with Crippen molar-refractivity contribution in [3.63, 3.8) is 0 Å². The summed E-state index contributed by atoms with van der Waals surface area (Å²) in [6.45, 7) is 7.83. The monoisotopic (exact) mass is 494 g/mol. The van der Waals surface area contributed by atoms with Crippen LogP contribution in [-0.2, 0) is 14.8 Å². The molecule has 9 heteroatoms. The van der Waals surface area contributed by atoms with Crippen LogP contribution in [0.15, 0.2) is 52.2 Å². The second-order valence-corrected chi connectivity index (χ2v) is 11.1. The maximum absolute atomic E-state index is 13.5. The summed E-state index contributed by atoms with van der Waals surface area (Å²) in [6.07, 6.45) is 1.21. The van der Waals surface area contributed by atoms with Gasteiger partial charge >= 0.3 is 0 Å². The summed E-state index contributed by atoms with van der Waals surface area (Å²) in [7, 11) is -3.72. The van der Waals surface area contributed by atoms with Gasteiger partial charge in [0.2, 0.25) is 15.9 Å². The van der Waals surface area contributed by atoms with Crippen molar-refractivity contribution >= 4 is 21.6 Å². The minimum atomic E-state index is -3.72. The van der Waals surface area contributed by atoms with Gasteiger partial charge in [0.15, 0.2) is 0 Å². The van der Waals surface area contributed by atoms with Crippen molar-refractivity contribution in [1.82, 2.24) is 14.3 Å². The van der Waals surface area contributed by atoms with Crippen LogP contribution in [0.4, 0.5) is 5.69 Å². The summed E-state index contributed by atoms with van der Waals surface area (Å²) in [5.74, 6) is -0.278. The van der Waals surface area contributed by atoms with Gasteiger partial charge in [0.25, 0.3) is 5.56 Å². The molecule has 0 spiro atoms. The second kappa shape index (κ2) is 9.75. The van der Waals surface area contributed by atoms with Gasteiger partial charge in [-0.05, 0) is 63.8 Å². The first-order valence-electron chi connectivity index (χ1n) is 11.6. The maximum Gasteiger partial charge on any atom is 0.251 e. The van der Waals surface area contributed by atoms with E-state index in [0.717, 1.165) is 5.56 Å². The highest BCUT2D eigenvalue weighted by molar-refractivity contribution is 7.89. The standard InChI is InChI=1S/C26H30N4O4S/c1-16-11-17(2)24(18(3)12-16)35(33,34)30-10-6-8-21(15-30)26(32)28-22-9-5-7-20(14-22)25-27-19(4)13-23(31)29-25/h5,7,9,11-14,21H,6,8,10,15H2,1-4H3,(H,28,32)(H,27,29,31). The Labute approximate surface area is 205 Å². The number of nitrogens with one attached hydrogen (secondary N) is 2. The molecule has 0 bridgehead atoms. The Morgan fingerprint density at radius 1 is 1.09 bits per heavy atom. The van der Waals surface area contributed by atoms with Gasteiger partial charge in [-0.2, -0.15) is 4.31 Å². The molecule has 1 unspecified atom stereocenters. The molecular weight excluding hydrogens is 464 g/mol. The lowest BCUT2D eigenvalue weighted by Gasteiger charge is -2.32. The molecule has 4 rings (SSSR count). The SMILES string of the molecule is Cc1cc(C)c(S(=O)(=O)N2CCCC(C(=O)Nc3cccc(-c4nc(C)cc(=O)[nH]4)c3)C2)c(C)c1. The van der Waals surface area contributed by atoms with E-state index in [4.69, 9.17) is 0 Å². The van der Waals surface area contributed by atoms with E-state index in [1.54, 1.807) is 31.2 Å². The molecule has 1 fully saturated rings. The predicted octanol–water partition coefficient (Wildman–Crippen LogP) is 3.71. The van der Waals surface area contributed by atoms with Crippen LogP contribution in [0.1, 0.15) is 35.2 Å². The zero-order valence-electron chi connectivity index (χ0n) is 20.4. The summed E-state index contributed by atoms with van der Waals surface area (Å²) in [6, 6.07) is 12.2. The van der Waals surface area contributed by atoms with E-state index in [0.29, 0.717) is 58.2 Å². The number of nitrogens with zero attached hydrogens (tertiary/aromatic N) is 2. The van der Waals surface area contributed by atoms with E-state index in [9.17, 15) is 18.0 Å². The number of benzene rings is 2. The quantitative estimate of drug-likeness (QED) is 0.562. The lowest BCUT2D eigenvalue weighted by Crippen LogP contribution is -2.44. The van der Waals surface area contributed by atoms with Gasteiger partial charge in [-0.3, -0.25) is 9.59 Å². The van der Waals surface area contributed by atoms with Crippen LogP contribution in [0.2, 0.25) is 0 Å². The van der Waals surface area contributed by atoms with Gasteiger partial charge in [-0.15, -0.1) is 0 Å². The Bertz CT molecular complexity index is 1420. The topological polar surface area (TPSA) is 112 Å². The summed E-state index contributed by atoms with van der Waals surface area (Å²) < 4.78 is 28.4. The number of sulfonamides is 1. The highest BCUT2D eigenvalue weighted by atomic mass is 32.2. The molecule has 1 atom stereocenters. The lowest BCUT2D eigenvalue weighted by molar-refractivity contribution is -0.120. The zero-order chi connectivity index (χ0) is 25.3. The molecule has 3 aromatic rings. The number of aromatic amines is 1. The summed E-state index contributed by atoms with van der Waals surface area (Å²) in [5.41, 5.74) is 4.03. The van der Waals surface area contributed by atoms with Crippen molar-refractivity contribution in [1.29, 1.82) is 0 Å². The molecule has 2 heterocycles. The third kappa shape index (κ3) is 5.36. The molecule has 1 saturated heterocycles. The van der Waals surface area contributed by atoms with E-state index in [1.165, 1.54) is 10.4 Å². The van der Waals surface area contributed by atoms with Crippen LogP contribution in [0, 0.1) is 33.6 Å². The molecule has 1 amide bonds. The first kappa shape index (κ1) is 24.8. The molecule has 35 heavy (non-hydrogen) atoms. The molecule has 0 saturated carbocycles. The molecule has 0 aliphatic carbocycles. The van der Waals surface area contributed by atoms with Gasteiger partial charge < -0.3 is 10.3 Å². The van der Waals surface area contributed by atoms with Crippen molar-refractivity contribution in [2.75, 3.05) is 18.4 Å². The zero-order valence-corrected chi connectivity index (χ0v) is 21.2. The molecule has 2 aromatic carbocycles. The number of aryl methyl sites for hydroxylation is 4. The average molecular weight is 495 g/mol. The third-order valence-electron chi connectivity index (χ3n) is 6.23. The number of anilines is 1. The number of piperidine rings is 1. The van der Waals surface area contributed by atoms with Crippen molar-refractivity contribution < 1.29 is 13.2 Å². The number of hydrogen-bond acceptors (Lipinski definition) is 5. The molecule has 1 aromatic heterocycles. The molecule has 0 radical (unpaired) electrons. The predicted molar refractivity (Wildman–Crippen MR) is 136 cm³/mol. The summed E-state index contributed by atoms with van der Waals surface area (Å²) >= 11 is 0. The number of carbonyl (C=O) groups excluding carboxylic acids is 1. The first-order valence-corrected chi connectivity index (χ1v) is 13.1. The Balaban J connectivity index is 1.52. The van der Waals surface area contributed by atoms with Gasteiger partial charge in [0, 0.05) is 36.1 Å². The number of aromatic nitrogens is 2. The van der Waals surface area contributed by atoms with Crippen LogP contribution in [0.3, 0.4) is 0 Å². The van der Waals surface area contributed by atoms with Crippen molar-refractivity contribution in [2.24, 2.45) is 5.92 Å². The molecule has 184 valence electrons. The minimum absolute atomic E-state index is 0.132. The Morgan fingerprint density at radius 2 is 1.80 bits per heavy atom. The van der Waals surface area contributed by atoms with Gasteiger partial charge in [-0.25, -0.2) is 13.4 Å². The van der Waals surface area contributed by atoms with Crippen LogP contribution in [0.5, 0.6) is 0 Å². The normalized spacial score (nSPS) is 16.7. The van der Waals surface area contributed by atoms with E-state index < -0.39 is 15.9 Å². The van der Waals surface area contributed by atoms with Crippen LogP contribution < -0.4 is 10.9 Å². The highest BCUT2D eigenvalue weighted by Gasteiger charge is 2.35. The van der Waals surface area contributed by atoms with Crippen LogP contribution in [-0.4, -0.2) is 41.7 Å². The average Bonchev–Trinajstić information content (AvgIpc) is 2.78. The van der Waals surface area contributed by atoms with E-state index in [-0.39, 0.29) is 18.0 Å². The fourth-order valence-electron chi connectivity index (χ4n) is 4.78. The first-order chi connectivity index (χ1) is 16.5. The number of H-pyrrole nitrogens is 1. The van der Waals surface area contributed by atoms with Crippen molar-refractivity contribution in [2.45, 2.75) is 45.4 Å². The summed E-state index contributed by atoms with van der Waals surface area (Å²) in [4.78, 5) is 32.3. The number of hydrogen-bond donors (Lipinski definition) is 2. The molecule has 8 nitrogen and oxygen atoms in total. The molecular formula is C26H30N4O4S. The number of rotatable bonds is 5. The van der Waals surface area contributed by atoms with Gasteiger partial charge in [0.1, 0.15) is 5.82 Å². The second-order valence-electron chi connectivity index (χ2n) is 9.24. The smallest absolute Gasteiger partial charge is 0.251 e. The van der Waals surface area contributed by atoms with Crippen LogP contribution >= 0.6 is 0 Å². The van der Waals surface area contributed by atoms with E-state index in [1.807, 2.05) is 32.9 Å². The molecule has 2 N–H and O–H groups in total. The third-order valence-corrected chi connectivity index (χ3v) is 8.40. The lowest BCUT2D eigenvalue weighted by atomic mass is 9.98. The van der Waals surface area contributed by atoms with Crippen LogP contribution in [0.25, 0.3) is 11.4 Å². The Morgan fingerprint density at radius 3 is 2.49 bits per heavy atom. The largest absolute Gasteiger partial charge is 0.326 e. The number of carbonyl (C=O) groups is 1. The van der Waals surface area contributed by atoms with Crippen molar-refractivity contribution in [3.8, 4) is 11.4 Å². The minimum Gasteiger partial charge on any atom is -0.326 e. The maximum atomic E-state index is 13.5. The van der Waals surface area contributed by atoms with E-state index in [2.05, 4.69) is 15.3 Å².